The van der Waals surface area contributed by atoms with Crippen molar-refractivity contribution in [3.8, 4) is 0 Å². The summed E-state index contributed by atoms with van der Waals surface area (Å²) in [5.41, 5.74) is 4.12. The summed E-state index contributed by atoms with van der Waals surface area (Å²) in [5.74, 6) is -0.00917. The molecule has 0 aliphatic carbocycles. The molecule has 0 radical (unpaired) electrons. The van der Waals surface area contributed by atoms with Crippen LogP contribution < -0.4 is 5.32 Å². The minimum atomic E-state index is -0.00917. The Bertz CT molecular complexity index is 777. The standard InChI is InChI=1S/C19H19N3O/c1-15-6-8-16(9-7-15)13-19(23)21-18-5-2-4-17(12-18)14-22-11-3-10-20-22/h2-12H,13-14H2,1H3,(H,21,23). The third-order valence-electron chi connectivity index (χ3n) is 3.60. The molecule has 1 N–H and O–H groups in total. The largest absolute Gasteiger partial charge is 0.326 e. The lowest BCUT2D eigenvalue weighted by molar-refractivity contribution is -0.115. The molecular weight excluding hydrogens is 286 g/mol. The molecule has 1 heterocycles. The molecule has 0 aliphatic rings. The number of amides is 1. The monoisotopic (exact) mass is 305 g/mol. The van der Waals surface area contributed by atoms with Crippen molar-refractivity contribution in [1.82, 2.24) is 9.78 Å². The molecule has 1 amide bonds. The van der Waals surface area contributed by atoms with E-state index in [1.807, 2.05) is 72.4 Å². The van der Waals surface area contributed by atoms with Gasteiger partial charge in [0.25, 0.3) is 0 Å². The van der Waals surface area contributed by atoms with Crippen LogP contribution >= 0.6 is 0 Å². The Morgan fingerprint density at radius 1 is 1.09 bits per heavy atom. The van der Waals surface area contributed by atoms with Gasteiger partial charge >= 0.3 is 0 Å². The predicted molar refractivity (Wildman–Crippen MR) is 91.3 cm³/mol. The van der Waals surface area contributed by atoms with Gasteiger partial charge in [-0.1, -0.05) is 42.0 Å². The highest BCUT2D eigenvalue weighted by Gasteiger charge is 2.05. The second-order valence-electron chi connectivity index (χ2n) is 5.61. The first kappa shape index (κ1) is 15.0. The van der Waals surface area contributed by atoms with E-state index < -0.39 is 0 Å². The van der Waals surface area contributed by atoms with E-state index in [1.165, 1.54) is 5.56 Å². The van der Waals surface area contributed by atoms with Gasteiger partial charge in [-0.05, 0) is 36.2 Å². The number of carbonyl (C=O) groups excluding carboxylic acids is 1. The Morgan fingerprint density at radius 3 is 2.65 bits per heavy atom. The fraction of sp³-hybridized carbons (Fsp3) is 0.158. The van der Waals surface area contributed by atoms with Gasteiger partial charge in [0.15, 0.2) is 0 Å². The number of carbonyl (C=O) groups is 1. The summed E-state index contributed by atoms with van der Waals surface area (Å²) < 4.78 is 1.85. The van der Waals surface area contributed by atoms with E-state index in [2.05, 4.69) is 10.4 Å². The van der Waals surface area contributed by atoms with Crippen LogP contribution in [0.2, 0.25) is 0 Å². The molecule has 116 valence electrons. The van der Waals surface area contributed by atoms with Crippen LogP contribution in [0, 0.1) is 6.92 Å². The van der Waals surface area contributed by atoms with Gasteiger partial charge in [-0.25, -0.2) is 0 Å². The lowest BCUT2D eigenvalue weighted by Gasteiger charge is -2.08. The maximum atomic E-state index is 12.2. The highest BCUT2D eigenvalue weighted by molar-refractivity contribution is 5.92. The van der Waals surface area contributed by atoms with Crippen LogP contribution in [0.1, 0.15) is 16.7 Å². The van der Waals surface area contributed by atoms with E-state index in [0.717, 1.165) is 16.8 Å². The molecule has 0 unspecified atom stereocenters. The number of anilines is 1. The lowest BCUT2D eigenvalue weighted by atomic mass is 10.1. The minimum absolute atomic E-state index is 0.00917. The molecule has 0 saturated heterocycles. The van der Waals surface area contributed by atoms with Gasteiger partial charge in [0.2, 0.25) is 5.91 Å². The number of nitrogens with one attached hydrogen (secondary N) is 1. The summed E-state index contributed by atoms with van der Waals surface area (Å²) in [4.78, 5) is 12.2. The normalized spacial score (nSPS) is 10.5. The molecule has 0 fully saturated rings. The van der Waals surface area contributed by atoms with E-state index >= 15 is 0 Å². The number of aryl methyl sites for hydroxylation is 1. The van der Waals surface area contributed by atoms with E-state index in [0.29, 0.717) is 13.0 Å². The zero-order chi connectivity index (χ0) is 16.1. The fourth-order valence-corrected chi connectivity index (χ4v) is 2.42. The molecule has 4 heteroatoms. The highest BCUT2D eigenvalue weighted by Crippen LogP contribution is 2.13. The highest BCUT2D eigenvalue weighted by atomic mass is 16.1. The molecule has 0 spiro atoms. The van der Waals surface area contributed by atoms with Crippen molar-refractivity contribution in [3.05, 3.63) is 83.7 Å². The minimum Gasteiger partial charge on any atom is -0.326 e. The SMILES string of the molecule is Cc1ccc(CC(=O)Nc2cccc(Cn3cccn3)c2)cc1. The number of hydrogen-bond donors (Lipinski definition) is 1. The predicted octanol–water partition coefficient (Wildman–Crippen LogP) is 3.42. The van der Waals surface area contributed by atoms with Gasteiger partial charge in [-0.3, -0.25) is 9.48 Å². The zero-order valence-electron chi connectivity index (χ0n) is 13.1. The molecule has 3 rings (SSSR count). The van der Waals surface area contributed by atoms with E-state index in [-0.39, 0.29) is 5.91 Å². The smallest absolute Gasteiger partial charge is 0.228 e. The molecule has 0 saturated carbocycles. The number of hydrogen-bond acceptors (Lipinski definition) is 2. The number of nitrogens with zero attached hydrogens (tertiary/aromatic N) is 2. The zero-order valence-corrected chi connectivity index (χ0v) is 13.1. The number of aromatic nitrogens is 2. The van der Waals surface area contributed by atoms with Crippen LogP contribution in [-0.4, -0.2) is 15.7 Å². The molecule has 2 aromatic carbocycles. The first-order valence-electron chi connectivity index (χ1n) is 7.61. The van der Waals surface area contributed by atoms with Crippen LogP contribution in [0.4, 0.5) is 5.69 Å². The summed E-state index contributed by atoms with van der Waals surface area (Å²) >= 11 is 0. The quantitative estimate of drug-likeness (QED) is 0.785. The summed E-state index contributed by atoms with van der Waals surface area (Å²) in [6.45, 7) is 2.73. The molecule has 4 nitrogen and oxygen atoms in total. The van der Waals surface area contributed by atoms with Crippen LogP contribution in [0.15, 0.2) is 67.0 Å². The van der Waals surface area contributed by atoms with Gasteiger partial charge in [-0.15, -0.1) is 0 Å². The Hall–Kier alpha value is -2.88. The summed E-state index contributed by atoms with van der Waals surface area (Å²) in [6, 6.07) is 17.8. The van der Waals surface area contributed by atoms with Crippen LogP contribution in [-0.2, 0) is 17.8 Å². The summed E-state index contributed by atoms with van der Waals surface area (Å²) in [5, 5.41) is 7.15. The van der Waals surface area contributed by atoms with Crippen molar-refractivity contribution in [2.24, 2.45) is 0 Å². The molecule has 1 aromatic heterocycles. The first-order valence-corrected chi connectivity index (χ1v) is 7.61. The van der Waals surface area contributed by atoms with Gasteiger partial charge in [0.05, 0.1) is 13.0 Å². The van der Waals surface area contributed by atoms with E-state index in [9.17, 15) is 4.79 Å². The maximum Gasteiger partial charge on any atom is 0.228 e. The van der Waals surface area contributed by atoms with E-state index in [4.69, 9.17) is 0 Å². The summed E-state index contributed by atoms with van der Waals surface area (Å²) in [6.07, 6.45) is 4.06. The third-order valence-corrected chi connectivity index (χ3v) is 3.60. The molecule has 0 aliphatic heterocycles. The first-order chi connectivity index (χ1) is 11.2. The number of benzene rings is 2. The summed E-state index contributed by atoms with van der Waals surface area (Å²) in [7, 11) is 0. The van der Waals surface area contributed by atoms with E-state index in [1.54, 1.807) is 6.20 Å². The van der Waals surface area contributed by atoms with Gasteiger partial charge in [0.1, 0.15) is 0 Å². The van der Waals surface area contributed by atoms with Gasteiger partial charge in [0, 0.05) is 18.1 Å². The molecule has 3 aromatic rings. The van der Waals surface area contributed by atoms with Crippen molar-refractivity contribution in [1.29, 1.82) is 0 Å². The van der Waals surface area contributed by atoms with Crippen molar-refractivity contribution < 1.29 is 4.79 Å². The lowest BCUT2D eigenvalue weighted by Crippen LogP contribution is -2.14. The van der Waals surface area contributed by atoms with Crippen molar-refractivity contribution in [3.63, 3.8) is 0 Å². The maximum absolute atomic E-state index is 12.2. The molecule has 0 atom stereocenters. The second kappa shape index (κ2) is 6.92. The molecule has 0 bridgehead atoms. The van der Waals surface area contributed by atoms with Crippen LogP contribution in [0.25, 0.3) is 0 Å². The third kappa shape index (κ3) is 4.30. The second-order valence-corrected chi connectivity index (χ2v) is 5.61. The van der Waals surface area contributed by atoms with Crippen LogP contribution in [0.5, 0.6) is 0 Å². The van der Waals surface area contributed by atoms with Crippen molar-refractivity contribution in [2.45, 2.75) is 19.9 Å². The average Bonchev–Trinajstić information content (AvgIpc) is 3.03. The molecular formula is C19H19N3O. The topological polar surface area (TPSA) is 46.9 Å². The van der Waals surface area contributed by atoms with Gasteiger partial charge in [-0.2, -0.15) is 5.10 Å². The van der Waals surface area contributed by atoms with Gasteiger partial charge < -0.3 is 5.32 Å². The number of rotatable bonds is 5. The van der Waals surface area contributed by atoms with Crippen molar-refractivity contribution in [2.75, 3.05) is 5.32 Å². The van der Waals surface area contributed by atoms with Crippen LogP contribution in [0.3, 0.4) is 0 Å². The Balaban J connectivity index is 1.63. The Morgan fingerprint density at radius 2 is 1.91 bits per heavy atom. The Labute approximate surface area is 135 Å². The molecule has 23 heavy (non-hydrogen) atoms. The Kier molecular flexibility index (Phi) is 4.52. The fourth-order valence-electron chi connectivity index (χ4n) is 2.42. The van der Waals surface area contributed by atoms with Crippen molar-refractivity contribution >= 4 is 11.6 Å². The average molecular weight is 305 g/mol.